The normalized spacial score (nSPS) is 19.1. The van der Waals surface area contributed by atoms with Crippen LogP contribution in [0.1, 0.15) is 25.8 Å². The maximum absolute atomic E-state index is 12.2. The highest BCUT2D eigenvalue weighted by atomic mass is 16.5. The molecule has 1 saturated heterocycles. The number of esters is 1. The number of amides is 1. The number of hydrogen-bond acceptors (Lipinski definition) is 6. The van der Waals surface area contributed by atoms with Gasteiger partial charge >= 0.3 is 5.97 Å². The van der Waals surface area contributed by atoms with Crippen LogP contribution in [-0.2, 0) is 14.3 Å². The van der Waals surface area contributed by atoms with E-state index in [4.69, 9.17) is 19.5 Å². The molecule has 7 nitrogen and oxygen atoms in total. The third-order valence-electron chi connectivity index (χ3n) is 4.45. The van der Waals surface area contributed by atoms with Crippen LogP contribution in [0, 0.1) is 23.2 Å². The number of ether oxygens (including phenoxy) is 3. The van der Waals surface area contributed by atoms with Crippen molar-refractivity contribution in [3.63, 3.8) is 0 Å². The van der Waals surface area contributed by atoms with Crippen LogP contribution >= 0.6 is 0 Å². The van der Waals surface area contributed by atoms with E-state index in [0.29, 0.717) is 42.0 Å². The third-order valence-corrected chi connectivity index (χ3v) is 4.45. The Balaban J connectivity index is 1.87. The first-order valence-corrected chi connectivity index (χ1v) is 9.23. The van der Waals surface area contributed by atoms with Crippen molar-refractivity contribution in [1.29, 1.82) is 5.26 Å². The van der Waals surface area contributed by atoms with E-state index in [1.807, 2.05) is 6.07 Å². The second-order valence-corrected chi connectivity index (χ2v) is 7.04. The van der Waals surface area contributed by atoms with Gasteiger partial charge in [0, 0.05) is 19.2 Å². The summed E-state index contributed by atoms with van der Waals surface area (Å²) in [5.74, 6) is 1.06. The number of likely N-dealkylation sites (tertiary alicyclic amines) is 1. The summed E-state index contributed by atoms with van der Waals surface area (Å²) in [5, 5.41) is 8.58. The zero-order chi connectivity index (χ0) is 20.5. The largest absolute Gasteiger partial charge is 0.493 e. The lowest BCUT2D eigenvalue weighted by Gasteiger charge is -2.34. The molecule has 0 aromatic heterocycles. The van der Waals surface area contributed by atoms with Gasteiger partial charge in [0.1, 0.15) is 6.07 Å². The quantitative estimate of drug-likeness (QED) is 0.529. The van der Waals surface area contributed by atoms with Crippen molar-refractivity contribution in [3.05, 3.63) is 29.8 Å². The number of nitrogens with zero attached hydrogens (tertiary/aromatic N) is 2. The molecule has 1 amide bonds. The number of benzene rings is 1. The van der Waals surface area contributed by atoms with Crippen LogP contribution in [0.2, 0.25) is 0 Å². The summed E-state index contributed by atoms with van der Waals surface area (Å²) >= 11 is 0. The Morgan fingerprint density at radius 1 is 1.25 bits per heavy atom. The van der Waals surface area contributed by atoms with Gasteiger partial charge in [-0.1, -0.05) is 19.9 Å². The third kappa shape index (κ3) is 6.31. The maximum Gasteiger partial charge on any atom is 0.331 e. The molecule has 0 N–H and O–H groups in total. The van der Waals surface area contributed by atoms with Gasteiger partial charge in [-0.15, -0.1) is 0 Å². The second-order valence-electron chi connectivity index (χ2n) is 7.04. The van der Waals surface area contributed by atoms with E-state index >= 15 is 0 Å². The molecule has 28 heavy (non-hydrogen) atoms. The monoisotopic (exact) mass is 386 g/mol. The first-order valence-electron chi connectivity index (χ1n) is 9.23. The van der Waals surface area contributed by atoms with Gasteiger partial charge in [0.15, 0.2) is 24.7 Å². The molecule has 7 heteroatoms. The molecular weight excluding hydrogens is 360 g/mol. The molecule has 1 aliphatic heterocycles. The molecule has 0 radical (unpaired) electrons. The molecule has 1 aromatic carbocycles. The van der Waals surface area contributed by atoms with Crippen LogP contribution in [0.3, 0.4) is 0 Å². The fraction of sp³-hybridized carbons (Fsp3) is 0.476. The van der Waals surface area contributed by atoms with Crippen LogP contribution in [0.5, 0.6) is 11.5 Å². The maximum atomic E-state index is 12.2. The smallest absolute Gasteiger partial charge is 0.331 e. The van der Waals surface area contributed by atoms with Crippen molar-refractivity contribution in [3.8, 4) is 17.6 Å². The highest BCUT2D eigenvalue weighted by Gasteiger charge is 2.25. The van der Waals surface area contributed by atoms with Gasteiger partial charge < -0.3 is 19.1 Å². The van der Waals surface area contributed by atoms with Crippen molar-refractivity contribution in [2.45, 2.75) is 20.3 Å². The molecule has 2 unspecified atom stereocenters. The Labute approximate surface area is 165 Å². The van der Waals surface area contributed by atoms with E-state index in [1.165, 1.54) is 13.2 Å². The predicted octanol–water partition coefficient (Wildman–Crippen LogP) is 2.66. The first-order chi connectivity index (χ1) is 13.4. The molecule has 0 aliphatic carbocycles. The lowest BCUT2D eigenvalue weighted by atomic mass is 9.92. The zero-order valence-corrected chi connectivity index (χ0v) is 16.5. The number of hydrogen-bond donors (Lipinski definition) is 0. The Kier molecular flexibility index (Phi) is 7.88. The minimum absolute atomic E-state index is 0.0829. The molecule has 150 valence electrons. The number of nitriles is 1. The summed E-state index contributed by atoms with van der Waals surface area (Å²) in [7, 11) is 1.49. The second kappa shape index (κ2) is 10.4. The molecule has 0 spiro atoms. The summed E-state index contributed by atoms with van der Waals surface area (Å²) < 4.78 is 15.5. The molecule has 1 aromatic rings. The van der Waals surface area contributed by atoms with E-state index < -0.39 is 5.97 Å². The fourth-order valence-corrected chi connectivity index (χ4v) is 3.32. The van der Waals surface area contributed by atoms with Crippen molar-refractivity contribution in [2.75, 3.05) is 33.4 Å². The van der Waals surface area contributed by atoms with Crippen LogP contribution in [0.25, 0.3) is 6.08 Å². The lowest BCUT2D eigenvalue weighted by molar-refractivity contribution is -0.149. The van der Waals surface area contributed by atoms with Gasteiger partial charge in [-0.05, 0) is 42.0 Å². The van der Waals surface area contributed by atoms with Crippen LogP contribution in [0.15, 0.2) is 24.3 Å². The van der Waals surface area contributed by atoms with Gasteiger partial charge in [0.2, 0.25) is 0 Å². The number of methoxy groups -OCH3 is 1. The molecule has 1 aliphatic rings. The van der Waals surface area contributed by atoms with Gasteiger partial charge in [0.05, 0.1) is 7.11 Å². The number of carbonyl (C=O) groups excluding carboxylic acids is 2. The Bertz CT molecular complexity index is 759. The molecular formula is C21H26N2O5. The molecule has 0 saturated carbocycles. The minimum Gasteiger partial charge on any atom is -0.493 e. The van der Waals surface area contributed by atoms with Crippen molar-refractivity contribution in [2.24, 2.45) is 11.8 Å². The minimum atomic E-state index is -0.588. The van der Waals surface area contributed by atoms with Crippen LogP contribution < -0.4 is 9.47 Å². The van der Waals surface area contributed by atoms with E-state index in [9.17, 15) is 9.59 Å². The molecule has 0 bridgehead atoms. The number of rotatable bonds is 7. The zero-order valence-electron chi connectivity index (χ0n) is 16.5. The lowest BCUT2D eigenvalue weighted by Crippen LogP contribution is -2.44. The van der Waals surface area contributed by atoms with Crippen molar-refractivity contribution < 1.29 is 23.8 Å². The summed E-state index contributed by atoms with van der Waals surface area (Å²) in [6.07, 6.45) is 3.93. The number of piperidine rings is 1. The first kappa shape index (κ1) is 21.3. The standard InChI is InChI=1S/C21H26N2O5/c1-15-10-16(2)13-23(12-15)20(24)14-28-21(25)7-5-17-4-6-18(27-9-8-22)19(11-17)26-3/h4-7,11,15-16H,9-10,12-14H2,1-3H3/b7-5+. The average Bonchev–Trinajstić information content (AvgIpc) is 2.68. The van der Waals surface area contributed by atoms with Gasteiger partial charge in [-0.3, -0.25) is 4.79 Å². The Morgan fingerprint density at radius 2 is 1.96 bits per heavy atom. The van der Waals surface area contributed by atoms with Gasteiger partial charge in [0.25, 0.3) is 5.91 Å². The van der Waals surface area contributed by atoms with E-state index in [1.54, 1.807) is 29.2 Å². The average molecular weight is 386 g/mol. The summed E-state index contributed by atoms with van der Waals surface area (Å²) in [6, 6.07) is 6.95. The highest BCUT2D eigenvalue weighted by Crippen LogP contribution is 2.28. The van der Waals surface area contributed by atoms with Gasteiger partial charge in [-0.25, -0.2) is 4.79 Å². The van der Waals surface area contributed by atoms with E-state index in [0.717, 1.165) is 6.42 Å². The molecule has 2 rings (SSSR count). The fourth-order valence-electron chi connectivity index (χ4n) is 3.32. The van der Waals surface area contributed by atoms with Crippen LogP contribution in [-0.4, -0.2) is 50.2 Å². The Hall–Kier alpha value is -3.01. The Morgan fingerprint density at radius 3 is 2.61 bits per heavy atom. The number of carbonyl (C=O) groups is 2. The van der Waals surface area contributed by atoms with Crippen molar-refractivity contribution in [1.82, 2.24) is 4.90 Å². The van der Waals surface area contributed by atoms with Gasteiger partial charge in [-0.2, -0.15) is 5.26 Å². The van der Waals surface area contributed by atoms with E-state index in [2.05, 4.69) is 13.8 Å². The molecule has 1 fully saturated rings. The molecule has 2 atom stereocenters. The highest BCUT2D eigenvalue weighted by molar-refractivity contribution is 5.89. The summed E-state index contributed by atoms with van der Waals surface area (Å²) in [6.45, 7) is 5.31. The van der Waals surface area contributed by atoms with E-state index in [-0.39, 0.29) is 19.1 Å². The molecule has 1 heterocycles. The summed E-state index contributed by atoms with van der Waals surface area (Å²) in [5.41, 5.74) is 0.697. The topological polar surface area (TPSA) is 88.9 Å². The van der Waals surface area contributed by atoms with Crippen molar-refractivity contribution >= 4 is 18.0 Å². The summed E-state index contributed by atoms with van der Waals surface area (Å²) in [4.78, 5) is 25.9. The SMILES string of the molecule is COc1cc(/C=C/C(=O)OCC(=O)N2CC(C)CC(C)C2)ccc1OCC#N. The van der Waals surface area contributed by atoms with Crippen LogP contribution in [0.4, 0.5) is 0 Å². The predicted molar refractivity (Wildman–Crippen MR) is 104 cm³/mol.